The molecular formula is C17H12ClFN4O2. The third-order valence-corrected chi connectivity index (χ3v) is 4.25. The van der Waals surface area contributed by atoms with E-state index in [1.807, 2.05) is 0 Å². The normalized spacial score (nSPS) is 11.3. The quantitative estimate of drug-likeness (QED) is 0.577. The number of nitrogens with one attached hydrogen (secondary N) is 1. The van der Waals surface area contributed by atoms with Crippen LogP contribution in [0.2, 0.25) is 5.02 Å². The fourth-order valence-corrected chi connectivity index (χ4v) is 2.86. The molecular weight excluding hydrogens is 347 g/mol. The largest absolute Gasteiger partial charge is 0.506 e. The molecule has 2 heterocycles. The van der Waals surface area contributed by atoms with Crippen molar-refractivity contribution in [3.05, 3.63) is 58.4 Å². The van der Waals surface area contributed by atoms with Crippen LogP contribution in [0.15, 0.2) is 40.8 Å². The van der Waals surface area contributed by atoms with Crippen LogP contribution in [0.3, 0.4) is 0 Å². The summed E-state index contributed by atoms with van der Waals surface area (Å²) in [5.74, 6) is 0.461. The van der Waals surface area contributed by atoms with Gasteiger partial charge in [-0.25, -0.2) is 4.39 Å². The highest BCUT2D eigenvalue weighted by Gasteiger charge is 2.13. The first kappa shape index (κ1) is 15.6. The first-order valence-electron chi connectivity index (χ1n) is 7.53. The molecule has 2 aromatic heterocycles. The van der Waals surface area contributed by atoms with Crippen LogP contribution in [0.4, 0.5) is 4.39 Å². The van der Waals surface area contributed by atoms with Gasteiger partial charge in [-0.1, -0.05) is 17.7 Å². The first-order valence-corrected chi connectivity index (χ1v) is 7.91. The monoisotopic (exact) mass is 358 g/mol. The SMILES string of the molecule is Oc1ccc(CCc2cc3oc(-c4nn[nH]n4)cc3cc2F)cc1Cl. The second kappa shape index (κ2) is 6.18. The van der Waals surface area contributed by atoms with E-state index < -0.39 is 0 Å². The molecule has 126 valence electrons. The third kappa shape index (κ3) is 3.06. The number of halogens is 2. The molecule has 0 atom stereocenters. The van der Waals surface area contributed by atoms with Crippen LogP contribution in [0, 0.1) is 5.82 Å². The molecule has 0 amide bonds. The molecule has 0 aliphatic heterocycles. The smallest absolute Gasteiger partial charge is 0.239 e. The third-order valence-electron chi connectivity index (χ3n) is 3.95. The fraction of sp³-hybridized carbons (Fsp3) is 0.118. The van der Waals surface area contributed by atoms with Crippen molar-refractivity contribution in [3.63, 3.8) is 0 Å². The molecule has 0 saturated carbocycles. The number of H-pyrrole nitrogens is 1. The van der Waals surface area contributed by atoms with Crippen molar-refractivity contribution < 1.29 is 13.9 Å². The number of hydrogen-bond acceptors (Lipinski definition) is 5. The number of hydrogen-bond donors (Lipinski definition) is 2. The Labute approximate surface area is 146 Å². The molecule has 0 fully saturated rings. The fourth-order valence-electron chi connectivity index (χ4n) is 2.65. The van der Waals surface area contributed by atoms with Crippen molar-refractivity contribution in [2.24, 2.45) is 0 Å². The number of benzene rings is 2. The number of rotatable bonds is 4. The Morgan fingerprint density at radius 1 is 1.16 bits per heavy atom. The van der Waals surface area contributed by atoms with Gasteiger partial charge in [-0.3, -0.25) is 0 Å². The van der Waals surface area contributed by atoms with E-state index >= 15 is 0 Å². The summed E-state index contributed by atoms with van der Waals surface area (Å²) in [4.78, 5) is 0. The van der Waals surface area contributed by atoms with Gasteiger partial charge >= 0.3 is 0 Å². The Balaban J connectivity index is 1.60. The van der Waals surface area contributed by atoms with Gasteiger partial charge in [0.1, 0.15) is 17.1 Å². The summed E-state index contributed by atoms with van der Waals surface area (Å²) >= 11 is 5.90. The van der Waals surface area contributed by atoms with Gasteiger partial charge in [0, 0.05) is 5.39 Å². The summed E-state index contributed by atoms with van der Waals surface area (Å²) in [6, 6.07) is 9.75. The standard InChI is InChI=1S/C17H12ClFN4O2/c18-12-5-9(2-4-14(12)24)1-3-10-7-15-11(6-13(10)19)8-16(25-15)17-20-22-23-21-17/h2,4-8,24H,1,3H2,(H,20,21,22,23). The number of aryl methyl sites for hydroxylation is 2. The number of nitrogens with zero attached hydrogens (tertiary/aromatic N) is 3. The molecule has 0 spiro atoms. The Morgan fingerprint density at radius 2 is 2.04 bits per heavy atom. The van der Waals surface area contributed by atoms with E-state index in [0.29, 0.717) is 41.0 Å². The molecule has 2 N–H and O–H groups in total. The lowest BCUT2D eigenvalue weighted by atomic mass is 10.0. The number of aromatic amines is 1. The van der Waals surface area contributed by atoms with Gasteiger partial charge in [0.05, 0.1) is 5.02 Å². The molecule has 0 unspecified atom stereocenters. The van der Waals surface area contributed by atoms with Crippen LogP contribution in [0.25, 0.3) is 22.6 Å². The van der Waals surface area contributed by atoms with Crippen LogP contribution in [0.1, 0.15) is 11.1 Å². The maximum absolute atomic E-state index is 14.4. The van der Waals surface area contributed by atoms with Crippen LogP contribution in [-0.4, -0.2) is 25.7 Å². The summed E-state index contributed by atoms with van der Waals surface area (Å²) in [6.07, 6.45) is 1.06. The van der Waals surface area contributed by atoms with Crippen molar-refractivity contribution in [1.82, 2.24) is 20.6 Å². The molecule has 0 aliphatic rings. The summed E-state index contributed by atoms with van der Waals surface area (Å²) < 4.78 is 20.0. The van der Waals surface area contributed by atoms with Gasteiger partial charge in [0.2, 0.25) is 5.82 Å². The highest BCUT2D eigenvalue weighted by Crippen LogP contribution is 2.29. The van der Waals surface area contributed by atoms with E-state index in [4.69, 9.17) is 16.0 Å². The molecule has 0 aliphatic carbocycles. The highest BCUT2D eigenvalue weighted by molar-refractivity contribution is 6.32. The van der Waals surface area contributed by atoms with Gasteiger partial charge in [-0.2, -0.15) is 5.21 Å². The average molecular weight is 359 g/mol. The minimum Gasteiger partial charge on any atom is -0.506 e. The maximum atomic E-state index is 14.4. The predicted molar refractivity (Wildman–Crippen MR) is 89.9 cm³/mol. The summed E-state index contributed by atoms with van der Waals surface area (Å²) in [5, 5.41) is 23.9. The zero-order chi connectivity index (χ0) is 17.4. The Morgan fingerprint density at radius 3 is 2.80 bits per heavy atom. The number of tetrazole rings is 1. The topological polar surface area (TPSA) is 87.8 Å². The van der Waals surface area contributed by atoms with E-state index in [1.54, 1.807) is 24.3 Å². The van der Waals surface area contributed by atoms with E-state index in [0.717, 1.165) is 5.56 Å². The lowest BCUT2D eigenvalue weighted by molar-refractivity contribution is 0.475. The van der Waals surface area contributed by atoms with Gasteiger partial charge in [0.25, 0.3) is 0 Å². The molecule has 4 aromatic rings. The van der Waals surface area contributed by atoms with E-state index in [-0.39, 0.29) is 16.6 Å². The summed E-state index contributed by atoms with van der Waals surface area (Å²) in [7, 11) is 0. The Bertz CT molecular complexity index is 1050. The summed E-state index contributed by atoms with van der Waals surface area (Å²) in [5.41, 5.74) is 2.00. The maximum Gasteiger partial charge on any atom is 0.239 e. The van der Waals surface area contributed by atoms with E-state index in [2.05, 4.69) is 20.6 Å². The number of aromatic nitrogens is 4. The Hall–Kier alpha value is -2.93. The van der Waals surface area contributed by atoms with Crippen molar-refractivity contribution in [2.45, 2.75) is 12.8 Å². The Kier molecular flexibility index (Phi) is 3.85. The molecule has 0 saturated heterocycles. The zero-order valence-electron chi connectivity index (χ0n) is 12.8. The molecule has 8 heteroatoms. The molecule has 4 rings (SSSR count). The first-order chi connectivity index (χ1) is 12.1. The number of phenols is 1. The van der Waals surface area contributed by atoms with Crippen LogP contribution < -0.4 is 0 Å². The second-order valence-electron chi connectivity index (χ2n) is 5.61. The number of furan rings is 1. The highest BCUT2D eigenvalue weighted by atomic mass is 35.5. The van der Waals surface area contributed by atoms with Crippen molar-refractivity contribution >= 4 is 22.6 Å². The average Bonchev–Trinajstić information content (AvgIpc) is 3.24. The molecule has 0 radical (unpaired) electrons. The lowest BCUT2D eigenvalue weighted by Gasteiger charge is -2.05. The molecule has 2 aromatic carbocycles. The minimum atomic E-state index is -0.308. The second-order valence-corrected chi connectivity index (χ2v) is 6.02. The molecule has 25 heavy (non-hydrogen) atoms. The van der Waals surface area contributed by atoms with Gasteiger partial charge in [-0.05, 0) is 59.5 Å². The minimum absolute atomic E-state index is 0.0302. The lowest BCUT2D eigenvalue weighted by Crippen LogP contribution is -1.95. The van der Waals surface area contributed by atoms with Crippen molar-refractivity contribution in [3.8, 4) is 17.3 Å². The van der Waals surface area contributed by atoms with Gasteiger partial charge in [-0.15, -0.1) is 10.2 Å². The number of aromatic hydroxyl groups is 1. The van der Waals surface area contributed by atoms with Crippen molar-refractivity contribution in [1.29, 1.82) is 0 Å². The van der Waals surface area contributed by atoms with Crippen molar-refractivity contribution in [2.75, 3.05) is 0 Å². The zero-order valence-corrected chi connectivity index (χ0v) is 13.6. The summed E-state index contributed by atoms with van der Waals surface area (Å²) in [6.45, 7) is 0. The van der Waals surface area contributed by atoms with E-state index in [1.165, 1.54) is 12.1 Å². The van der Waals surface area contributed by atoms with Gasteiger partial charge in [0.15, 0.2) is 5.76 Å². The molecule has 0 bridgehead atoms. The van der Waals surface area contributed by atoms with E-state index in [9.17, 15) is 9.50 Å². The number of phenolic OH excluding ortho intramolecular Hbond substituents is 1. The molecule has 6 nitrogen and oxygen atoms in total. The van der Waals surface area contributed by atoms with Crippen LogP contribution in [-0.2, 0) is 12.8 Å². The number of fused-ring (bicyclic) bond motifs is 1. The van der Waals surface area contributed by atoms with Crippen LogP contribution >= 0.6 is 11.6 Å². The van der Waals surface area contributed by atoms with Crippen LogP contribution in [0.5, 0.6) is 5.75 Å². The van der Waals surface area contributed by atoms with Gasteiger partial charge < -0.3 is 9.52 Å². The predicted octanol–water partition coefficient (Wildman–Crippen LogP) is 3.90.